The van der Waals surface area contributed by atoms with Gasteiger partial charge in [-0.05, 0) is 12.8 Å². The molecule has 0 aromatic heterocycles. The molecule has 0 radical (unpaired) electrons. The minimum Gasteiger partial charge on any atom is -0.379 e. The molecule has 0 spiro atoms. The number of hydrogen-bond donors (Lipinski definition) is 2. The first kappa shape index (κ1) is 57.0. The molecule has 2 heterocycles. The summed E-state index contributed by atoms with van der Waals surface area (Å²) in [7, 11) is -10.4. The van der Waals surface area contributed by atoms with Crippen LogP contribution in [0.2, 0.25) is 0 Å². The predicted octanol–water partition coefficient (Wildman–Crippen LogP) is 11.6. The van der Waals surface area contributed by atoms with Crippen molar-refractivity contribution in [1.29, 1.82) is 0 Å². The lowest BCUT2D eigenvalue weighted by molar-refractivity contribution is -0.357. The Bertz CT molecular complexity index is 1480. The first-order valence-electron chi connectivity index (χ1n) is 25.1. The monoisotopic (exact) mass is 951 g/mol. The summed E-state index contributed by atoms with van der Waals surface area (Å²) in [6.07, 6.45) is 25.7. The van der Waals surface area contributed by atoms with Crippen molar-refractivity contribution in [3.63, 3.8) is 0 Å². The van der Waals surface area contributed by atoms with Crippen molar-refractivity contribution in [3.8, 4) is 0 Å². The van der Waals surface area contributed by atoms with Crippen LogP contribution in [0.15, 0.2) is 30.3 Å². The summed E-state index contributed by atoms with van der Waals surface area (Å²) in [6.45, 7) is 5.40. The average molecular weight is 951 g/mol. The largest absolute Gasteiger partial charge is 0.397 e. The van der Waals surface area contributed by atoms with E-state index in [1.54, 1.807) is 30.3 Å². The molecule has 64 heavy (non-hydrogen) atoms. The minimum absolute atomic E-state index is 0.130. The van der Waals surface area contributed by atoms with Crippen molar-refractivity contribution < 1.29 is 62.7 Å². The molecule has 0 bridgehead atoms. The zero-order valence-electron chi connectivity index (χ0n) is 39.4. The van der Waals surface area contributed by atoms with Crippen LogP contribution < -0.4 is 0 Å². The molecule has 0 saturated carbocycles. The molecule has 2 aliphatic heterocycles. The van der Waals surface area contributed by atoms with Gasteiger partial charge >= 0.3 is 20.8 Å². The average Bonchev–Trinajstić information content (AvgIpc) is 3.26. The normalized spacial score (nSPS) is 22.1. The van der Waals surface area contributed by atoms with Gasteiger partial charge in [-0.2, -0.15) is 16.8 Å². The van der Waals surface area contributed by atoms with E-state index in [1.165, 1.54) is 141 Å². The first-order valence-corrected chi connectivity index (χ1v) is 27.8. The maximum atomic E-state index is 12.1. The highest BCUT2D eigenvalue weighted by Gasteiger charge is 2.55. The summed E-state index contributed by atoms with van der Waals surface area (Å²) in [6, 6.07) is 8.77. The van der Waals surface area contributed by atoms with Crippen molar-refractivity contribution in [2.45, 2.75) is 237 Å². The molecule has 1 aromatic carbocycles. The molecule has 374 valence electrons. The zero-order valence-corrected chi connectivity index (χ0v) is 41.0. The molecular formula is C48H86O14S2. The third kappa shape index (κ3) is 26.9. The smallest absolute Gasteiger partial charge is 0.379 e. The summed E-state index contributed by atoms with van der Waals surface area (Å²) >= 11 is 0. The Kier molecular flexibility index (Phi) is 31.1. The first-order chi connectivity index (χ1) is 31.0. The zero-order chi connectivity index (χ0) is 46.1. The highest BCUT2D eigenvalue weighted by molar-refractivity contribution is 7.81. The van der Waals surface area contributed by atoms with E-state index in [2.05, 4.69) is 13.8 Å². The lowest BCUT2D eigenvalue weighted by atomic mass is 9.98. The van der Waals surface area contributed by atoms with Crippen LogP contribution in [0.4, 0.5) is 0 Å². The van der Waals surface area contributed by atoms with Gasteiger partial charge in [-0.1, -0.05) is 211 Å². The van der Waals surface area contributed by atoms with Gasteiger partial charge in [0, 0.05) is 18.8 Å². The van der Waals surface area contributed by atoms with E-state index in [9.17, 15) is 25.9 Å². The molecule has 1 aromatic rings. The van der Waals surface area contributed by atoms with E-state index in [4.69, 9.17) is 36.8 Å². The molecule has 2 aliphatic rings. The minimum atomic E-state index is -5.22. The predicted molar refractivity (Wildman–Crippen MR) is 249 cm³/mol. The third-order valence-corrected chi connectivity index (χ3v) is 13.0. The highest BCUT2D eigenvalue weighted by atomic mass is 32.3. The Balaban J connectivity index is 1.50. The molecule has 2 fully saturated rings. The van der Waals surface area contributed by atoms with Gasteiger partial charge in [0.2, 0.25) is 0 Å². The number of ether oxygens (including phenoxy) is 6. The second-order valence-electron chi connectivity index (χ2n) is 17.8. The van der Waals surface area contributed by atoms with Crippen molar-refractivity contribution >= 4 is 20.8 Å². The van der Waals surface area contributed by atoms with E-state index in [-0.39, 0.29) is 19.8 Å². The molecule has 14 nitrogen and oxygen atoms in total. The molecule has 1 unspecified atom stereocenters. The van der Waals surface area contributed by atoms with Crippen LogP contribution in [-0.2, 0) is 57.6 Å². The molecule has 3 rings (SSSR count). The molecule has 0 amide bonds. The standard InChI is InChI=1S/C48H86O14S2/c1-3-5-7-9-11-13-15-17-19-21-23-25-27-32-36-55-38-42(56-37-33-28-26-24-22-20-18-16-14-12-10-8-6-4-2)39-57-48-46(62-64(52,53)54)45(61-63(49,50)51)44-43(59-48)40-58-47(60-44)41-34-30-29-31-35-41/h29-31,34-35,42-48H,3-28,32-33,36-40H2,1-2H3,(H,49,50,51)(H,52,53,54)/t42-,43-,44+,45+,46-,47?,48-/m1/s1. The highest BCUT2D eigenvalue weighted by Crippen LogP contribution is 2.37. The Morgan fingerprint density at radius 1 is 0.562 bits per heavy atom. The fraction of sp³-hybridized carbons (Fsp3) is 0.875. The van der Waals surface area contributed by atoms with Crippen LogP contribution in [0.3, 0.4) is 0 Å². The van der Waals surface area contributed by atoms with Crippen LogP contribution >= 0.6 is 0 Å². The van der Waals surface area contributed by atoms with E-state index < -0.39 is 63.9 Å². The van der Waals surface area contributed by atoms with Crippen LogP contribution in [0.25, 0.3) is 0 Å². The van der Waals surface area contributed by atoms with Crippen molar-refractivity contribution in [1.82, 2.24) is 0 Å². The van der Waals surface area contributed by atoms with E-state index >= 15 is 0 Å². The van der Waals surface area contributed by atoms with Crippen molar-refractivity contribution in [2.24, 2.45) is 0 Å². The number of benzene rings is 1. The summed E-state index contributed by atoms with van der Waals surface area (Å²) in [5, 5.41) is 0. The topological polar surface area (TPSA) is 183 Å². The fourth-order valence-corrected chi connectivity index (χ4v) is 9.44. The summed E-state index contributed by atoms with van der Waals surface area (Å²) in [5.41, 5.74) is 0.588. The molecule has 16 heteroatoms. The Morgan fingerprint density at radius 2 is 1.00 bits per heavy atom. The van der Waals surface area contributed by atoms with Gasteiger partial charge < -0.3 is 28.4 Å². The van der Waals surface area contributed by atoms with Gasteiger partial charge in [0.15, 0.2) is 18.7 Å². The van der Waals surface area contributed by atoms with Crippen LogP contribution in [0, 0.1) is 0 Å². The molecular weight excluding hydrogens is 865 g/mol. The van der Waals surface area contributed by atoms with Gasteiger partial charge in [0.05, 0.1) is 19.8 Å². The summed E-state index contributed by atoms with van der Waals surface area (Å²) in [5.74, 6) is 0. The Morgan fingerprint density at radius 3 is 1.47 bits per heavy atom. The maximum Gasteiger partial charge on any atom is 0.397 e. The second-order valence-corrected chi connectivity index (χ2v) is 19.9. The molecule has 2 N–H and O–H groups in total. The second kappa shape index (κ2) is 34.9. The van der Waals surface area contributed by atoms with Crippen LogP contribution in [0.5, 0.6) is 0 Å². The quantitative estimate of drug-likeness (QED) is 0.0467. The van der Waals surface area contributed by atoms with E-state index in [0.717, 1.165) is 38.5 Å². The van der Waals surface area contributed by atoms with Gasteiger partial charge in [0.25, 0.3) is 0 Å². The summed E-state index contributed by atoms with van der Waals surface area (Å²) in [4.78, 5) is 0. The van der Waals surface area contributed by atoms with Gasteiger partial charge in [-0.25, -0.2) is 8.37 Å². The number of rotatable bonds is 41. The van der Waals surface area contributed by atoms with E-state index in [1.807, 2.05) is 0 Å². The number of hydrogen-bond acceptors (Lipinski definition) is 12. The third-order valence-electron chi connectivity index (χ3n) is 12.1. The van der Waals surface area contributed by atoms with Crippen LogP contribution in [-0.4, -0.2) is 95.8 Å². The molecule has 7 atom stereocenters. The summed E-state index contributed by atoms with van der Waals surface area (Å²) < 4.78 is 114. The van der Waals surface area contributed by atoms with Crippen molar-refractivity contribution in [2.75, 3.05) is 33.0 Å². The number of unbranched alkanes of at least 4 members (excludes halogenated alkanes) is 26. The van der Waals surface area contributed by atoms with Gasteiger partial charge in [-0.15, -0.1) is 0 Å². The van der Waals surface area contributed by atoms with Gasteiger partial charge in [0.1, 0.15) is 24.4 Å². The Labute approximate surface area is 387 Å². The number of fused-ring (bicyclic) bond motifs is 1. The van der Waals surface area contributed by atoms with Crippen LogP contribution in [0.1, 0.15) is 205 Å². The molecule has 0 aliphatic carbocycles. The lowest BCUT2D eigenvalue weighted by Crippen LogP contribution is -2.64. The Hall–Kier alpha value is -1.28. The SMILES string of the molecule is CCCCCCCCCCCCCCCCOC[C@H](CO[C@@H]1O[C@@H]2COC(c3ccccc3)O[C@@H]2[C@H](OS(=O)(=O)O)[C@H]1OS(=O)(=O)O)OCCCCCCCCCCCCCCCC. The van der Waals surface area contributed by atoms with E-state index in [0.29, 0.717) is 18.8 Å². The maximum absolute atomic E-state index is 12.1. The fourth-order valence-electron chi connectivity index (χ4n) is 8.46. The van der Waals surface area contributed by atoms with Gasteiger partial charge in [-0.3, -0.25) is 9.11 Å². The molecule has 2 saturated heterocycles. The lowest BCUT2D eigenvalue weighted by Gasteiger charge is -2.47. The van der Waals surface area contributed by atoms with Crippen molar-refractivity contribution in [3.05, 3.63) is 35.9 Å².